The summed E-state index contributed by atoms with van der Waals surface area (Å²) in [4.78, 5) is 2.80. The second-order valence-electron chi connectivity index (χ2n) is 4.94. The van der Waals surface area contributed by atoms with E-state index < -0.39 is 0 Å². The van der Waals surface area contributed by atoms with Gasteiger partial charge in [-0.1, -0.05) is 31.9 Å². The Hall–Kier alpha value is 0.170. The van der Waals surface area contributed by atoms with Crippen LogP contribution in [0.15, 0.2) is 27.1 Å². The van der Waals surface area contributed by atoms with Gasteiger partial charge in [-0.3, -0.25) is 0 Å². The zero-order valence-corrected chi connectivity index (χ0v) is 15.2. The highest BCUT2D eigenvalue weighted by atomic mass is 79.9. The lowest BCUT2D eigenvalue weighted by atomic mass is 10.1. The van der Waals surface area contributed by atoms with E-state index in [4.69, 9.17) is 11.6 Å². The van der Waals surface area contributed by atoms with Crippen LogP contribution in [0, 0.1) is 6.92 Å². The predicted octanol–water partition coefficient (Wildman–Crippen LogP) is 6.40. The third kappa shape index (κ3) is 2.67. The Morgan fingerprint density at radius 3 is 2.68 bits per heavy atom. The molecular formula is C15H13Br2ClS. The van der Waals surface area contributed by atoms with E-state index in [0.29, 0.717) is 0 Å². The lowest BCUT2D eigenvalue weighted by molar-refractivity contribution is 0.913. The lowest BCUT2D eigenvalue weighted by Crippen LogP contribution is -1.94. The van der Waals surface area contributed by atoms with E-state index in [9.17, 15) is 0 Å². The number of hydrogen-bond donors (Lipinski definition) is 0. The van der Waals surface area contributed by atoms with Crippen molar-refractivity contribution in [3.63, 3.8) is 0 Å². The van der Waals surface area contributed by atoms with E-state index in [0.717, 1.165) is 14.5 Å². The van der Waals surface area contributed by atoms with E-state index in [1.165, 1.54) is 40.1 Å². The van der Waals surface area contributed by atoms with Crippen LogP contribution >= 0.6 is 54.8 Å². The van der Waals surface area contributed by atoms with E-state index in [1.54, 1.807) is 0 Å². The molecular weight excluding hydrogens is 407 g/mol. The number of alkyl halides is 1. The molecule has 0 bridgehead atoms. The Balaban J connectivity index is 1.99. The number of thiophene rings is 1. The second-order valence-corrected chi connectivity index (χ2v) is 8.25. The maximum Gasteiger partial charge on any atom is 0.0939 e. The Labute approximate surface area is 139 Å². The molecule has 1 aliphatic rings. The maximum atomic E-state index is 6.69. The van der Waals surface area contributed by atoms with Gasteiger partial charge in [-0.15, -0.1) is 22.9 Å². The molecule has 0 amide bonds. The molecule has 1 heterocycles. The van der Waals surface area contributed by atoms with Crippen LogP contribution < -0.4 is 0 Å². The van der Waals surface area contributed by atoms with Crippen LogP contribution in [-0.2, 0) is 12.8 Å². The summed E-state index contributed by atoms with van der Waals surface area (Å²) in [6.45, 7) is 2.08. The van der Waals surface area contributed by atoms with Crippen molar-refractivity contribution in [1.29, 1.82) is 0 Å². The van der Waals surface area contributed by atoms with Gasteiger partial charge in [0.25, 0.3) is 0 Å². The smallest absolute Gasteiger partial charge is 0.0939 e. The van der Waals surface area contributed by atoms with Crippen LogP contribution in [-0.4, -0.2) is 0 Å². The Bertz CT molecular complexity index is 612. The first kappa shape index (κ1) is 14.1. The molecule has 0 fully saturated rings. The Morgan fingerprint density at radius 2 is 1.95 bits per heavy atom. The summed E-state index contributed by atoms with van der Waals surface area (Å²) in [5, 5.41) is -0.0677. The average molecular weight is 421 g/mol. The van der Waals surface area contributed by atoms with Crippen LogP contribution in [0.25, 0.3) is 0 Å². The zero-order valence-electron chi connectivity index (χ0n) is 10.5. The Kier molecular flexibility index (Phi) is 4.10. The van der Waals surface area contributed by atoms with Crippen LogP contribution in [0.2, 0.25) is 0 Å². The van der Waals surface area contributed by atoms with Gasteiger partial charge >= 0.3 is 0 Å². The molecule has 1 atom stereocenters. The van der Waals surface area contributed by atoms with Crippen LogP contribution in [0.3, 0.4) is 0 Å². The number of halogens is 3. The fourth-order valence-electron chi connectivity index (χ4n) is 2.49. The summed E-state index contributed by atoms with van der Waals surface area (Å²) < 4.78 is 2.20. The normalized spacial score (nSPS) is 15.6. The van der Waals surface area contributed by atoms with Crippen LogP contribution in [0.4, 0.5) is 0 Å². The molecule has 4 heteroatoms. The highest BCUT2D eigenvalue weighted by molar-refractivity contribution is 9.11. The van der Waals surface area contributed by atoms with E-state index in [-0.39, 0.29) is 5.38 Å². The third-order valence-electron chi connectivity index (χ3n) is 3.57. The quantitative estimate of drug-likeness (QED) is 0.493. The molecule has 0 saturated carbocycles. The predicted molar refractivity (Wildman–Crippen MR) is 90.6 cm³/mol. The molecule has 2 aromatic rings. The first-order valence-corrected chi connectivity index (χ1v) is 9.11. The number of benzene rings is 1. The first-order chi connectivity index (χ1) is 9.06. The fraction of sp³-hybridized carbons (Fsp3) is 0.333. The molecule has 1 aliphatic carbocycles. The molecule has 3 rings (SSSR count). The third-order valence-corrected chi connectivity index (χ3v) is 7.01. The molecule has 0 N–H and O–H groups in total. The molecule has 0 saturated heterocycles. The number of rotatable bonds is 2. The van der Waals surface area contributed by atoms with Crippen molar-refractivity contribution < 1.29 is 0 Å². The fourth-order valence-corrected chi connectivity index (χ4v) is 5.30. The molecule has 19 heavy (non-hydrogen) atoms. The Morgan fingerprint density at radius 1 is 1.16 bits per heavy atom. The van der Waals surface area contributed by atoms with Crippen molar-refractivity contribution in [3.05, 3.63) is 53.6 Å². The summed E-state index contributed by atoms with van der Waals surface area (Å²) in [6.07, 6.45) is 3.74. The van der Waals surface area contributed by atoms with Gasteiger partial charge < -0.3 is 0 Å². The first-order valence-electron chi connectivity index (χ1n) is 6.27. The van der Waals surface area contributed by atoms with Gasteiger partial charge in [-0.2, -0.15) is 0 Å². The van der Waals surface area contributed by atoms with Gasteiger partial charge in [0.2, 0.25) is 0 Å². The summed E-state index contributed by atoms with van der Waals surface area (Å²) >= 11 is 15.8. The molecule has 0 aliphatic heterocycles. The van der Waals surface area contributed by atoms with Gasteiger partial charge in [0, 0.05) is 18.7 Å². The highest BCUT2D eigenvalue weighted by Gasteiger charge is 2.21. The van der Waals surface area contributed by atoms with Crippen molar-refractivity contribution in [2.75, 3.05) is 0 Å². The standard InChI is InChI=1S/C15H13Br2ClS/c1-8-5-12(17)10(7-11(8)16)15(18)14-6-9-3-2-4-13(9)19-14/h5-7,15H,2-4H2,1H3. The van der Waals surface area contributed by atoms with E-state index in [2.05, 4.69) is 57.0 Å². The lowest BCUT2D eigenvalue weighted by Gasteiger charge is -2.12. The monoisotopic (exact) mass is 418 g/mol. The summed E-state index contributed by atoms with van der Waals surface area (Å²) in [6, 6.07) is 6.54. The van der Waals surface area contributed by atoms with Crippen molar-refractivity contribution in [3.8, 4) is 0 Å². The van der Waals surface area contributed by atoms with Crippen LogP contribution in [0.5, 0.6) is 0 Å². The molecule has 1 aromatic carbocycles. The second kappa shape index (κ2) is 5.51. The van der Waals surface area contributed by atoms with E-state index >= 15 is 0 Å². The molecule has 1 aromatic heterocycles. The van der Waals surface area contributed by atoms with Gasteiger partial charge in [0.05, 0.1) is 5.38 Å². The summed E-state index contributed by atoms with van der Waals surface area (Å²) in [5.41, 5.74) is 3.86. The topological polar surface area (TPSA) is 0 Å². The largest absolute Gasteiger partial charge is 0.143 e. The van der Waals surface area contributed by atoms with Gasteiger partial charge in [0.1, 0.15) is 0 Å². The average Bonchev–Trinajstić information content (AvgIpc) is 2.93. The van der Waals surface area contributed by atoms with Gasteiger partial charge in [-0.25, -0.2) is 0 Å². The summed E-state index contributed by atoms with van der Waals surface area (Å²) in [7, 11) is 0. The number of fused-ring (bicyclic) bond motifs is 1. The summed E-state index contributed by atoms with van der Waals surface area (Å²) in [5.74, 6) is 0. The molecule has 1 unspecified atom stereocenters. The van der Waals surface area contributed by atoms with Crippen molar-refractivity contribution in [2.24, 2.45) is 0 Å². The minimum atomic E-state index is -0.0677. The molecule has 0 spiro atoms. The van der Waals surface area contributed by atoms with Gasteiger partial charge in [0.15, 0.2) is 0 Å². The van der Waals surface area contributed by atoms with Crippen LogP contribution in [0.1, 0.15) is 38.2 Å². The minimum absolute atomic E-state index is 0.0677. The zero-order chi connectivity index (χ0) is 13.6. The van der Waals surface area contributed by atoms with Crippen molar-refractivity contribution in [1.82, 2.24) is 0 Å². The number of hydrogen-bond acceptors (Lipinski definition) is 1. The molecule has 0 radical (unpaired) electrons. The van der Waals surface area contributed by atoms with Crippen molar-refractivity contribution >= 4 is 54.8 Å². The molecule has 100 valence electrons. The SMILES string of the molecule is Cc1cc(Br)c(C(Cl)c2cc3c(s2)CCC3)cc1Br. The molecule has 0 nitrogen and oxygen atoms in total. The van der Waals surface area contributed by atoms with Gasteiger partial charge in [-0.05, 0) is 61.1 Å². The van der Waals surface area contributed by atoms with E-state index in [1.807, 2.05) is 11.3 Å². The van der Waals surface area contributed by atoms with Crippen molar-refractivity contribution in [2.45, 2.75) is 31.6 Å². The highest BCUT2D eigenvalue weighted by Crippen LogP contribution is 2.42. The number of aryl methyl sites for hydroxylation is 3. The maximum absolute atomic E-state index is 6.69. The minimum Gasteiger partial charge on any atom is -0.143 e.